The number of esters is 1. The molecule has 0 aliphatic heterocycles. The molecule has 0 aliphatic rings. The van der Waals surface area contributed by atoms with Crippen LogP contribution in [0.4, 0.5) is 8.78 Å². The predicted octanol–water partition coefficient (Wildman–Crippen LogP) is 4.04. The third kappa shape index (κ3) is 4.67. The molecular weight excluding hydrogens is 476 g/mol. The topological polar surface area (TPSA) is 77.8 Å². The SMILES string of the molecule is COC(=O)c1ccc(C)c(-n2c(CO)cc(OCc3ccc(F)cc3F)c(Br)c2=O)c1. The van der Waals surface area contributed by atoms with Crippen LogP contribution in [0.15, 0.2) is 51.7 Å². The highest BCUT2D eigenvalue weighted by Gasteiger charge is 2.18. The molecule has 3 aromatic rings. The van der Waals surface area contributed by atoms with Crippen molar-refractivity contribution in [3.63, 3.8) is 0 Å². The molecule has 0 amide bonds. The average Bonchev–Trinajstić information content (AvgIpc) is 2.75. The second-order valence-corrected chi connectivity index (χ2v) is 7.42. The number of methoxy groups -OCH3 is 1. The Morgan fingerprint density at radius 1 is 1.16 bits per heavy atom. The fourth-order valence-corrected chi connectivity index (χ4v) is 3.39. The van der Waals surface area contributed by atoms with Gasteiger partial charge < -0.3 is 14.6 Å². The van der Waals surface area contributed by atoms with Crippen LogP contribution in [0.3, 0.4) is 0 Å². The molecule has 2 aromatic carbocycles. The number of carbonyl (C=O) groups excluding carboxylic acids is 1. The molecule has 9 heteroatoms. The van der Waals surface area contributed by atoms with E-state index in [4.69, 9.17) is 9.47 Å². The number of benzene rings is 2. The minimum atomic E-state index is -0.776. The summed E-state index contributed by atoms with van der Waals surface area (Å²) in [6.45, 7) is 0.987. The van der Waals surface area contributed by atoms with Crippen LogP contribution in [-0.2, 0) is 18.0 Å². The molecule has 0 spiro atoms. The molecule has 6 nitrogen and oxygen atoms in total. The summed E-state index contributed by atoms with van der Waals surface area (Å²) in [6, 6.07) is 9.23. The monoisotopic (exact) mass is 493 g/mol. The van der Waals surface area contributed by atoms with Crippen LogP contribution in [0.2, 0.25) is 0 Å². The molecular formula is C22H18BrF2NO5. The molecule has 0 aliphatic carbocycles. The van der Waals surface area contributed by atoms with Gasteiger partial charge in [0.25, 0.3) is 5.56 Å². The summed E-state index contributed by atoms with van der Waals surface area (Å²) in [7, 11) is 1.25. The number of pyridine rings is 1. The molecule has 3 rings (SSSR count). The second kappa shape index (κ2) is 9.40. The van der Waals surface area contributed by atoms with E-state index < -0.39 is 29.8 Å². The summed E-state index contributed by atoms with van der Waals surface area (Å²) in [5, 5.41) is 9.87. The molecule has 1 aromatic heterocycles. The lowest BCUT2D eigenvalue weighted by molar-refractivity contribution is 0.0600. The van der Waals surface area contributed by atoms with Gasteiger partial charge in [-0.25, -0.2) is 13.6 Å². The Morgan fingerprint density at radius 3 is 2.55 bits per heavy atom. The molecule has 0 bridgehead atoms. The van der Waals surface area contributed by atoms with Crippen LogP contribution >= 0.6 is 15.9 Å². The average molecular weight is 494 g/mol. The van der Waals surface area contributed by atoms with Crippen molar-refractivity contribution >= 4 is 21.9 Å². The number of halogens is 3. The molecule has 0 fully saturated rings. The van der Waals surface area contributed by atoms with Crippen molar-refractivity contribution < 1.29 is 28.2 Å². The Kier molecular flexibility index (Phi) is 6.87. The number of aromatic nitrogens is 1. The number of ether oxygens (including phenoxy) is 2. The van der Waals surface area contributed by atoms with Crippen molar-refractivity contribution in [2.45, 2.75) is 20.1 Å². The van der Waals surface area contributed by atoms with Crippen molar-refractivity contribution in [2.24, 2.45) is 0 Å². The standard InChI is InChI=1S/C22H18BrF2NO5/c1-12-3-4-13(22(29)30-2)7-18(12)26-16(10-27)9-19(20(23)21(26)28)31-11-14-5-6-15(24)8-17(14)25/h3-9,27H,10-11H2,1-2H3. The van der Waals surface area contributed by atoms with Crippen LogP contribution in [0, 0.1) is 18.6 Å². The van der Waals surface area contributed by atoms with Gasteiger partial charge in [-0.3, -0.25) is 9.36 Å². The first-order chi connectivity index (χ1) is 14.8. The Labute approximate surface area is 184 Å². The summed E-state index contributed by atoms with van der Waals surface area (Å²) in [5.41, 5.74) is 1.04. The lowest BCUT2D eigenvalue weighted by atomic mass is 10.1. The summed E-state index contributed by atoms with van der Waals surface area (Å²) in [6.07, 6.45) is 0. The van der Waals surface area contributed by atoms with Crippen molar-refractivity contribution in [3.8, 4) is 11.4 Å². The van der Waals surface area contributed by atoms with E-state index in [1.165, 1.54) is 29.9 Å². The van der Waals surface area contributed by atoms with Crippen LogP contribution in [0.1, 0.15) is 27.2 Å². The third-order valence-corrected chi connectivity index (χ3v) is 5.35. The lowest BCUT2D eigenvalue weighted by Crippen LogP contribution is -2.24. The van der Waals surface area contributed by atoms with Crippen LogP contribution in [0.5, 0.6) is 5.75 Å². The van der Waals surface area contributed by atoms with E-state index in [1.807, 2.05) is 0 Å². The van der Waals surface area contributed by atoms with Crippen molar-refractivity contribution in [1.29, 1.82) is 0 Å². The van der Waals surface area contributed by atoms with Crippen LogP contribution in [-0.4, -0.2) is 22.8 Å². The summed E-state index contributed by atoms with van der Waals surface area (Å²) in [5.74, 6) is -1.98. The minimum absolute atomic E-state index is 0.0371. The first kappa shape index (κ1) is 22.6. The summed E-state index contributed by atoms with van der Waals surface area (Å²) in [4.78, 5) is 25.0. The number of carbonyl (C=O) groups is 1. The van der Waals surface area contributed by atoms with Gasteiger partial charge in [0, 0.05) is 17.7 Å². The molecule has 0 unspecified atom stereocenters. The minimum Gasteiger partial charge on any atom is -0.487 e. The molecule has 0 radical (unpaired) electrons. The zero-order valence-electron chi connectivity index (χ0n) is 16.6. The number of aliphatic hydroxyl groups is 1. The Bertz CT molecular complexity index is 1210. The molecule has 1 N–H and O–H groups in total. The number of nitrogens with zero attached hydrogens (tertiary/aromatic N) is 1. The highest BCUT2D eigenvalue weighted by molar-refractivity contribution is 9.10. The van der Waals surface area contributed by atoms with E-state index in [2.05, 4.69) is 15.9 Å². The van der Waals surface area contributed by atoms with Crippen molar-refractivity contribution in [3.05, 3.63) is 91.3 Å². The fourth-order valence-electron chi connectivity index (χ4n) is 2.99. The van der Waals surface area contributed by atoms with E-state index >= 15 is 0 Å². The first-order valence-corrected chi connectivity index (χ1v) is 9.87. The van der Waals surface area contributed by atoms with Gasteiger partial charge in [-0.15, -0.1) is 0 Å². The highest BCUT2D eigenvalue weighted by Crippen LogP contribution is 2.27. The van der Waals surface area contributed by atoms with E-state index in [9.17, 15) is 23.5 Å². The number of aliphatic hydroxyl groups excluding tert-OH is 1. The molecule has 0 atom stereocenters. The largest absolute Gasteiger partial charge is 0.487 e. The van der Waals surface area contributed by atoms with Crippen molar-refractivity contribution in [1.82, 2.24) is 4.57 Å². The zero-order chi connectivity index (χ0) is 22.7. The van der Waals surface area contributed by atoms with Crippen LogP contribution in [0.25, 0.3) is 5.69 Å². The quantitative estimate of drug-likeness (QED) is 0.524. The molecule has 31 heavy (non-hydrogen) atoms. The van der Waals surface area contributed by atoms with Gasteiger partial charge in [-0.1, -0.05) is 6.07 Å². The zero-order valence-corrected chi connectivity index (χ0v) is 18.2. The maximum Gasteiger partial charge on any atom is 0.337 e. The van der Waals surface area contributed by atoms with Crippen LogP contribution < -0.4 is 10.3 Å². The maximum absolute atomic E-state index is 13.9. The normalized spacial score (nSPS) is 10.8. The van der Waals surface area contributed by atoms with E-state index in [0.717, 1.165) is 12.1 Å². The lowest BCUT2D eigenvalue weighted by Gasteiger charge is -2.18. The Hall–Kier alpha value is -3.04. The smallest absolute Gasteiger partial charge is 0.337 e. The molecule has 0 saturated carbocycles. The Balaban J connectivity index is 2.04. The molecule has 1 heterocycles. The van der Waals surface area contributed by atoms with Gasteiger partial charge in [0.2, 0.25) is 0 Å². The van der Waals surface area contributed by atoms with Gasteiger partial charge in [-0.2, -0.15) is 0 Å². The maximum atomic E-state index is 13.9. The number of rotatable bonds is 6. The number of aryl methyl sites for hydroxylation is 1. The fraction of sp³-hybridized carbons (Fsp3) is 0.182. The van der Waals surface area contributed by atoms with Gasteiger partial charge in [-0.05, 0) is 52.7 Å². The first-order valence-electron chi connectivity index (χ1n) is 9.08. The second-order valence-electron chi connectivity index (χ2n) is 6.63. The number of hydrogen-bond acceptors (Lipinski definition) is 5. The Morgan fingerprint density at radius 2 is 1.90 bits per heavy atom. The van der Waals surface area contributed by atoms with Gasteiger partial charge in [0.05, 0.1) is 30.7 Å². The van der Waals surface area contributed by atoms with E-state index in [0.29, 0.717) is 11.3 Å². The van der Waals surface area contributed by atoms with Gasteiger partial charge in [0.1, 0.15) is 28.5 Å². The predicted molar refractivity (Wildman–Crippen MR) is 112 cm³/mol. The molecule has 0 saturated heterocycles. The third-order valence-electron chi connectivity index (χ3n) is 4.62. The van der Waals surface area contributed by atoms with Gasteiger partial charge in [0.15, 0.2) is 0 Å². The molecule has 162 valence electrons. The summed E-state index contributed by atoms with van der Waals surface area (Å²) >= 11 is 3.20. The van der Waals surface area contributed by atoms with Gasteiger partial charge >= 0.3 is 5.97 Å². The number of hydrogen-bond donors (Lipinski definition) is 1. The summed E-state index contributed by atoms with van der Waals surface area (Å²) < 4.78 is 38.5. The van der Waals surface area contributed by atoms with Crippen molar-refractivity contribution in [2.75, 3.05) is 7.11 Å². The van der Waals surface area contributed by atoms with E-state index in [1.54, 1.807) is 19.1 Å². The van der Waals surface area contributed by atoms with E-state index in [-0.39, 0.29) is 33.6 Å². The highest BCUT2D eigenvalue weighted by atomic mass is 79.9.